The Morgan fingerprint density at radius 1 is 1.13 bits per heavy atom. The van der Waals surface area contributed by atoms with E-state index in [9.17, 15) is 4.79 Å². The largest absolute Gasteiger partial charge is 0.461 e. The summed E-state index contributed by atoms with van der Waals surface area (Å²) in [5.74, 6) is -0.171. The summed E-state index contributed by atoms with van der Waals surface area (Å²) in [6, 6.07) is 14.1. The molecule has 2 rings (SSSR count). The summed E-state index contributed by atoms with van der Waals surface area (Å²) in [6.45, 7) is 4.50. The van der Waals surface area contributed by atoms with Crippen LogP contribution in [0.5, 0.6) is 0 Å². The Kier molecular flexibility index (Phi) is 6.29. The molecule has 0 aliphatic heterocycles. The number of benzene rings is 1. The van der Waals surface area contributed by atoms with Gasteiger partial charge in [0.1, 0.15) is 6.61 Å². The molecule has 0 aliphatic rings. The maximum atomic E-state index is 12.0. The van der Waals surface area contributed by atoms with Gasteiger partial charge in [-0.05, 0) is 44.2 Å². The molecule has 1 aromatic heterocycles. The molecule has 2 aromatic rings. The van der Waals surface area contributed by atoms with Gasteiger partial charge in [0.25, 0.3) is 0 Å². The molecular formula is C19H24N2O2. The molecule has 0 N–H and O–H groups in total. The number of hydrogen-bond donors (Lipinski definition) is 0. The van der Waals surface area contributed by atoms with Gasteiger partial charge in [0.15, 0.2) is 0 Å². The van der Waals surface area contributed by atoms with Crippen LogP contribution in [-0.4, -0.2) is 28.9 Å². The summed E-state index contributed by atoms with van der Waals surface area (Å²) in [4.78, 5) is 18.3. The molecule has 0 unspecified atom stereocenters. The summed E-state index contributed by atoms with van der Waals surface area (Å²) in [5.41, 5.74) is 2.19. The second kappa shape index (κ2) is 8.44. The van der Waals surface area contributed by atoms with E-state index < -0.39 is 0 Å². The minimum absolute atomic E-state index is 0.0986. The number of carbonyl (C=O) groups is 1. The third-order valence-corrected chi connectivity index (χ3v) is 4.20. The van der Waals surface area contributed by atoms with E-state index in [2.05, 4.69) is 16.8 Å². The first-order valence-electron chi connectivity index (χ1n) is 7.89. The van der Waals surface area contributed by atoms with Gasteiger partial charge in [-0.2, -0.15) is 0 Å². The number of aromatic nitrogens is 1. The van der Waals surface area contributed by atoms with E-state index in [0.29, 0.717) is 13.0 Å². The highest BCUT2D eigenvalue weighted by molar-refractivity contribution is 5.70. The third-order valence-electron chi connectivity index (χ3n) is 4.20. The molecule has 0 saturated carbocycles. The van der Waals surface area contributed by atoms with Crippen LogP contribution in [0.2, 0.25) is 0 Å². The fourth-order valence-corrected chi connectivity index (χ4v) is 2.44. The van der Waals surface area contributed by atoms with Crippen molar-refractivity contribution >= 4 is 5.97 Å². The van der Waals surface area contributed by atoms with Crippen molar-refractivity contribution in [3.63, 3.8) is 0 Å². The van der Waals surface area contributed by atoms with Gasteiger partial charge in [-0.3, -0.25) is 14.7 Å². The predicted molar refractivity (Wildman–Crippen MR) is 90.7 cm³/mol. The molecule has 0 aliphatic carbocycles. The molecule has 0 fully saturated rings. The molecular weight excluding hydrogens is 288 g/mol. The first kappa shape index (κ1) is 17.2. The normalized spacial score (nSPS) is 13.6. The van der Waals surface area contributed by atoms with Crippen molar-refractivity contribution in [2.45, 2.75) is 39.0 Å². The van der Waals surface area contributed by atoms with E-state index in [1.54, 1.807) is 12.4 Å². The second-order valence-corrected chi connectivity index (χ2v) is 5.82. The van der Waals surface area contributed by atoms with Crippen molar-refractivity contribution < 1.29 is 9.53 Å². The van der Waals surface area contributed by atoms with E-state index >= 15 is 0 Å². The first-order valence-corrected chi connectivity index (χ1v) is 7.89. The summed E-state index contributed by atoms with van der Waals surface area (Å²) in [7, 11) is 2.03. The average molecular weight is 312 g/mol. The first-order chi connectivity index (χ1) is 11.1. The standard InChI is InChI=1S/C19H24N2O2/c1-15(21(3)16(2)18-9-11-20-12-10-18)13-19(22)23-14-17-7-5-4-6-8-17/h4-12,15-16H,13-14H2,1-3H3/t15-,16-/m0/s1. The molecule has 122 valence electrons. The molecule has 2 atom stereocenters. The molecule has 23 heavy (non-hydrogen) atoms. The highest BCUT2D eigenvalue weighted by Crippen LogP contribution is 2.21. The smallest absolute Gasteiger partial charge is 0.307 e. The number of esters is 1. The topological polar surface area (TPSA) is 42.4 Å². The zero-order chi connectivity index (χ0) is 16.7. The van der Waals surface area contributed by atoms with Gasteiger partial charge < -0.3 is 4.74 Å². The molecule has 4 heteroatoms. The number of pyridine rings is 1. The van der Waals surface area contributed by atoms with Crippen LogP contribution in [0.3, 0.4) is 0 Å². The van der Waals surface area contributed by atoms with Gasteiger partial charge >= 0.3 is 5.97 Å². The highest BCUT2D eigenvalue weighted by atomic mass is 16.5. The number of carbonyl (C=O) groups excluding carboxylic acids is 1. The molecule has 0 bridgehead atoms. The van der Waals surface area contributed by atoms with E-state index in [0.717, 1.165) is 5.56 Å². The van der Waals surface area contributed by atoms with Crippen LogP contribution in [0.1, 0.15) is 37.4 Å². The lowest BCUT2D eigenvalue weighted by molar-refractivity contribution is -0.146. The highest BCUT2D eigenvalue weighted by Gasteiger charge is 2.20. The van der Waals surface area contributed by atoms with Crippen molar-refractivity contribution in [1.29, 1.82) is 0 Å². The van der Waals surface area contributed by atoms with E-state index in [1.165, 1.54) is 5.56 Å². The zero-order valence-corrected chi connectivity index (χ0v) is 14.0. The molecule has 0 amide bonds. The van der Waals surface area contributed by atoms with E-state index in [4.69, 9.17) is 4.74 Å². The maximum absolute atomic E-state index is 12.0. The van der Waals surface area contributed by atoms with Crippen LogP contribution in [0.25, 0.3) is 0 Å². The van der Waals surface area contributed by atoms with Crippen molar-refractivity contribution in [1.82, 2.24) is 9.88 Å². The molecule has 1 aromatic carbocycles. The van der Waals surface area contributed by atoms with Crippen molar-refractivity contribution in [3.05, 3.63) is 66.0 Å². The lowest BCUT2D eigenvalue weighted by atomic mass is 10.1. The van der Waals surface area contributed by atoms with Gasteiger partial charge in [0.2, 0.25) is 0 Å². The van der Waals surface area contributed by atoms with Crippen LogP contribution >= 0.6 is 0 Å². The summed E-state index contributed by atoms with van der Waals surface area (Å²) in [6.07, 6.45) is 3.95. The minimum Gasteiger partial charge on any atom is -0.461 e. The van der Waals surface area contributed by atoms with Crippen molar-refractivity contribution in [3.8, 4) is 0 Å². The number of ether oxygens (including phenoxy) is 1. The van der Waals surface area contributed by atoms with Crippen LogP contribution in [0.15, 0.2) is 54.9 Å². The van der Waals surface area contributed by atoms with Gasteiger partial charge in [0, 0.05) is 24.5 Å². The number of nitrogens with zero attached hydrogens (tertiary/aromatic N) is 2. The Balaban J connectivity index is 1.83. The van der Waals surface area contributed by atoms with Crippen LogP contribution in [0.4, 0.5) is 0 Å². The molecule has 4 nitrogen and oxygen atoms in total. The van der Waals surface area contributed by atoms with Crippen molar-refractivity contribution in [2.24, 2.45) is 0 Å². The monoisotopic (exact) mass is 312 g/mol. The van der Waals surface area contributed by atoms with Crippen molar-refractivity contribution in [2.75, 3.05) is 7.05 Å². The summed E-state index contributed by atoms with van der Waals surface area (Å²) < 4.78 is 5.36. The fraction of sp³-hybridized carbons (Fsp3) is 0.368. The molecule has 0 saturated heterocycles. The average Bonchev–Trinajstić information content (AvgIpc) is 2.60. The van der Waals surface area contributed by atoms with Crippen LogP contribution in [0, 0.1) is 0 Å². The summed E-state index contributed by atoms with van der Waals surface area (Å²) in [5, 5.41) is 0. The second-order valence-electron chi connectivity index (χ2n) is 5.82. The Hall–Kier alpha value is -2.20. The number of hydrogen-bond acceptors (Lipinski definition) is 4. The van der Waals surface area contributed by atoms with Crippen LogP contribution in [-0.2, 0) is 16.1 Å². The number of rotatable bonds is 7. The Bertz CT molecular complexity index is 601. The quantitative estimate of drug-likeness (QED) is 0.733. The summed E-state index contributed by atoms with van der Waals surface area (Å²) >= 11 is 0. The SMILES string of the molecule is C[C@@H](CC(=O)OCc1ccccc1)N(C)[C@@H](C)c1ccncc1. The van der Waals surface area contributed by atoms with E-state index in [-0.39, 0.29) is 18.1 Å². The predicted octanol–water partition coefficient (Wildman–Crippen LogP) is 3.60. The third kappa shape index (κ3) is 5.18. The molecule has 0 spiro atoms. The Morgan fingerprint density at radius 2 is 1.78 bits per heavy atom. The lowest BCUT2D eigenvalue weighted by Gasteiger charge is -2.30. The van der Waals surface area contributed by atoms with Gasteiger partial charge in [-0.25, -0.2) is 0 Å². The van der Waals surface area contributed by atoms with Crippen LogP contribution < -0.4 is 0 Å². The molecule has 0 radical (unpaired) electrons. The van der Waals surface area contributed by atoms with Gasteiger partial charge in [0.05, 0.1) is 6.42 Å². The van der Waals surface area contributed by atoms with Gasteiger partial charge in [-0.1, -0.05) is 30.3 Å². The van der Waals surface area contributed by atoms with E-state index in [1.807, 2.05) is 56.4 Å². The van der Waals surface area contributed by atoms with Gasteiger partial charge in [-0.15, -0.1) is 0 Å². The fourth-order valence-electron chi connectivity index (χ4n) is 2.44. The zero-order valence-electron chi connectivity index (χ0n) is 14.0. The Morgan fingerprint density at radius 3 is 2.43 bits per heavy atom. The lowest BCUT2D eigenvalue weighted by Crippen LogP contribution is -2.33. The minimum atomic E-state index is -0.171. The molecule has 1 heterocycles. The Labute approximate surface area is 138 Å². The maximum Gasteiger partial charge on any atom is 0.307 e.